The van der Waals surface area contributed by atoms with Gasteiger partial charge in [0, 0.05) is 25.3 Å². The average Bonchev–Trinajstić information content (AvgIpc) is 2.25. The summed E-state index contributed by atoms with van der Waals surface area (Å²) < 4.78 is 22.7. The lowest BCUT2D eigenvalue weighted by molar-refractivity contribution is -0.132. The third-order valence-electron chi connectivity index (χ3n) is 2.63. The molecule has 0 heterocycles. The van der Waals surface area contributed by atoms with Gasteiger partial charge in [0.2, 0.25) is 5.91 Å². The van der Waals surface area contributed by atoms with Crippen molar-refractivity contribution in [1.82, 2.24) is 4.90 Å². The second kappa shape index (κ2) is 6.58. The van der Waals surface area contributed by atoms with Gasteiger partial charge in [-0.1, -0.05) is 5.16 Å². The maximum absolute atomic E-state index is 12.0. The summed E-state index contributed by atoms with van der Waals surface area (Å²) in [6.45, 7) is 5.13. The van der Waals surface area contributed by atoms with Gasteiger partial charge in [-0.25, -0.2) is 8.42 Å². The molecular weight excluding hydrogens is 258 g/mol. The quantitative estimate of drug-likeness (QED) is 0.302. The number of amides is 1. The highest BCUT2D eigenvalue weighted by atomic mass is 32.2. The molecule has 1 amide bonds. The molecule has 0 saturated heterocycles. The van der Waals surface area contributed by atoms with Crippen molar-refractivity contribution in [3.8, 4) is 0 Å². The predicted octanol–water partition coefficient (Wildman–Crippen LogP) is -0.207. The first-order valence-electron chi connectivity index (χ1n) is 5.57. The van der Waals surface area contributed by atoms with Gasteiger partial charge in [0.25, 0.3) is 0 Å². The first-order valence-corrected chi connectivity index (χ1v) is 7.52. The molecule has 0 bridgehead atoms. The molecule has 0 rings (SSSR count). The number of amidine groups is 1. The number of nitrogens with zero attached hydrogens (tertiary/aromatic N) is 2. The largest absolute Gasteiger partial charge is 0.409 e. The molecule has 1 unspecified atom stereocenters. The Kier molecular flexibility index (Phi) is 6.10. The molecule has 0 aromatic heterocycles. The van der Waals surface area contributed by atoms with Crippen molar-refractivity contribution >= 4 is 21.6 Å². The van der Waals surface area contributed by atoms with Crippen LogP contribution in [-0.2, 0) is 14.6 Å². The first kappa shape index (κ1) is 16.7. The van der Waals surface area contributed by atoms with Crippen molar-refractivity contribution in [3.05, 3.63) is 0 Å². The molecular formula is C10H21N3O4S. The zero-order valence-corrected chi connectivity index (χ0v) is 11.9. The Hall–Kier alpha value is -1.31. The van der Waals surface area contributed by atoms with Crippen LogP contribution in [0.2, 0.25) is 0 Å². The maximum atomic E-state index is 12.0. The molecule has 0 aromatic carbocycles. The zero-order chi connectivity index (χ0) is 14.5. The molecule has 8 heteroatoms. The number of hydrogen-bond donors (Lipinski definition) is 2. The molecule has 7 nitrogen and oxygen atoms in total. The van der Waals surface area contributed by atoms with Crippen molar-refractivity contribution in [1.29, 1.82) is 0 Å². The summed E-state index contributed by atoms with van der Waals surface area (Å²) in [5.74, 6) is -0.473. The van der Waals surface area contributed by atoms with Crippen molar-refractivity contribution < 1.29 is 18.4 Å². The molecule has 0 fully saturated rings. The molecule has 0 radical (unpaired) electrons. The number of oxime groups is 1. The summed E-state index contributed by atoms with van der Waals surface area (Å²) in [4.78, 5) is 13.4. The van der Waals surface area contributed by atoms with Crippen LogP contribution >= 0.6 is 0 Å². The van der Waals surface area contributed by atoms with E-state index in [4.69, 9.17) is 10.9 Å². The van der Waals surface area contributed by atoms with Crippen LogP contribution in [0.15, 0.2) is 5.16 Å². The third kappa shape index (κ3) is 4.91. The van der Waals surface area contributed by atoms with Crippen LogP contribution in [0.1, 0.15) is 27.2 Å². The molecule has 106 valence electrons. The number of carbonyl (C=O) groups is 1. The average molecular weight is 279 g/mol. The van der Waals surface area contributed by atoms with E-state index in [-0.39, 0.29) is 24.8 Å². The van der Waals surface area contributed by atoms with Gasteiger partial charge in [-0.05, 0) is 20.8 Å². The van der Waals surface area contributed by atoms with Crippen LogP contribution in [0.4, 0.5) is 0 Å². The standard InChI is InChI=1S/C10H21N3O4S/c1-7(2)13(6-5-9(11)12-15)10(14)8(3)18(4,16)17/h7-8,15H,5-6H2,1-4H3,(H2,11,12). The van der Waals surface area contributed by atoms with E-state index in [9.17, 15) is 13.2 Å². The first-order chi connectivity index (χ1) is 8.11. The van der Waals surface area contributed by atoms with Crippen molar-refractivity contribution in [2.24, 2.45) is 10.9 Å². The Labute approximate surface area is 108 Å². The van der Waals surface area contributed by atoms with Crippen LogP contribution in [-0.4, -0.2) is 54.4 Å². The monoisotopic (exact) mass is 279 g/mol. The van der Waals surface area contributed by atoms with E-state index in [1.807, 2.05) is 0 Å². The van der Waals surface area contributed by atoms with Gasteiger partial charge in [-0.3, -0.25) is 4.79 Å². The predicted molar refractivity (Wildman–Crippen MR) is 69.2 cm³/mol. The lowest BCUT2D eigenvalue weighted by Crippen LogP contribution is -2.46. The minimum atomic E-state index is -3.43. The normalized spacial score (nSPS) is 14.6. The molecule has 0 saturated carbocycles. The minimum absolute atomic E-state index is 0.000425. The molecule has 1 atom stereocenters. The van der Waals surface area contributed by atoms with Gasteiger partial charge >= 0.3 is 0 Å². The molecule has 0 aromatic rings. The summed E-state index contributed by atoms with van der Waals surface area (Å²) in [5.41, 5.74) is 5.33. The van der Waals surface area contributed by atoms with Crippen molar-refractivity contribution in [2.45, 2.75) is 38.5 Å². The van der Waals surface area contributed by atoms with Gasteiger partial charge in [0.05, 0.1) is 0 Å². The smallest absolute Gasteiger partial charge is 0.240 e. The highest BCUT2D eigenvalue weighted by Crippen LogP contribution is 2.08. The summed E-state index contributed by atoms with van der Waals surface area (Å²) in [7, 11) is -3.43. The summed E-state index contributed by atoms with van der Waals surface area (Å²) in [6.07, 6.45) is 1.22. The van der Waals surface area contributed by atoms with E-state index < -0.39 is 21.0 Å². The highest BCUT2D eigenvalue weighted by molar-refractivity contribution is 7.92. The van der Waals surface area contributed by atoms with Crippen LogP contribution < -0.4 is 5.73 Å². The van der Waals surface area contributed by atoms with Gasteiger partial charge < -0.3 is 15.8 Å². The Morgan fingerprint density at radius 3 is 2.22 bits per heavy atom. The zero-order valence-electron chi connectivity index (χ0n) is 11.1. The van der Waals surface area contributed by atoms with E-state index >= 15 is 0 Å². The number of hydrogen-bond acceptors (Lipinski definition) is 5. The van der Waals surface area contributed by atoms with Gasteiger partial charge in [-0.15, -0.1) is 0 Å². The van der Waals surface area contributed by atoms with E-state index in [0.717, 1.165) is 6.26 Å². The van der Waals surface area contributed by atoms with Crippen molar-refractivity contribution in [3.63, 3.8) is 0 Å². The molecule has 0 spiro atoms. The lowest BCUT2D eigenvalue weighted by atomic mass is 10.2. The number of nitrogens with two attached hydrogens (primary N) is 1. The second-order valence-corrected chi connectivity index (χ2v) is 6.80. The number of sulfone groups is 1. The number of carbonyl (C=O) groups excluding carboxylic acids is 1. The van der Waals surface area contributed by atoms with Crippen LogP contribution in [0.25, 0.3) is 0 Å². The van der Waals surface area contributed by atoms with Gasteiger partial charge in [0.1, 0.15) is 11.1 Å². The fourth-order valence-corrected chi connectivity index (χ4v) is 1.83. The fourth-order valence-electron chi connectivity index (χ4n) is 1.32. The maximum Gasteiger partial charge on any atom is 0.240 e. The van der Waals surface area contributed by atoms with Crippen LogP contribution in [0, 0.1) is 0 Å². The summed E-state index contributed by atoms with van der Waals surface area (Å²) >= 11 is 0. The SMILES string of the molecule is CC(C)N(CCC(N)=NO)C(=O)C(C)S(C)(=O)=O. The molecule has 0 aliphatic heterocycles. The summed E-state index contributed by atoms with van der Waals surface area (Å²) in [5, 5.41) is 10.1. The topological polar surface area (TPSA) is 113 Å². The molecule has 3 N–H and O–H groups in total. The lowest BCUT2D eigenvalue weighted by Gasteiger charge is -2.28. The van der Waals surface area contributed by atoms with Gasteiger partial charge in [0.15, 0.2) is 9.84 Å². The van der Waals surface area contributed by atoms with Crippen LogP contribution in [0.5, 0.6) is 0 Å². The van der Waals surface area contributed by atoms with Crippen LogP contribution in [0.3, 0.4) is 0 Å². The highest BCUT2D eigenvalue weighted by Gasteiger charge is 2.29. The van der Waals surface area contributed by atoms with E-state index in [1.54, 1.807) is 13.8 Å². The minimum Gasteiger partial charge on any atom is -0.409 e. The third-order valence-corrected chi connectivity index (χ3v) is 4.12. The molecule has 0 aliphatic rings. The Bertz CT molecular complexity index is 417. The Morgan fingerprint density at radius 1 is 1.39 bits per heavy atom. The summed E-state index contributed by atoms with van der Waals surface area (Å²) in [6, 6.07) is -0.159. The Balaban J connectivity index is 4.87. The fraction of sp³-hybridized carbons (Fsp3) is 0.800. The molecule has 0 aliphatic carbocycles. The second-order valence-electron chi connectivity index (χ2n) is 4.44. The number of rotatable bonds is 6. The van der Waals surface area contributed by atoms with Gasteiger partial charge in [-0.2, -0.15) is 0 Å². The molecule has 18 heavy (non-hydrogen) atoms. The van der Waals surface area contributed by atoms with E-state index in [1.165, 1.54) is 11.8 Å². The van der Waals surface area contributed by atoms with E-state index in [2.05, 4.69) is 5.16 Å². The van der Waals surface area contributed by atoms with Crippen molar-refractivity contribution in [2.75, 3.05) is 12.8 Å². The Morgan fingerprint density at radius 2 is 1.89 bits per heavy atom. The van der Waals surface area contributed by atoms with E-state index in [0.29, 0.717) is 0 Å².